The number of amides is 1. The molecule has 1 amide bonds. The van der Waals surface area contributed by atoms with Crippen LogP contribution in [-0.2, 0) is 11.2 Å². The number of ether oxygens (including phenoxy) is 1. The van der Waals surface area contributed by atoms with E-state index in [9.17, 15) is 10.0 Å². The summed E-state index contributed by atoms with van der Waals surface area (Å²) < 4.78 is 8.93. The van der Waals surface area contributed by atoms with Gasteiger partial charge in [0, 0.05) is 39.2 Å². The fraction of sp³-hybridized carbons (Fsp3) is 0.154. The first kappa shape index (κ1) is 23.6. The van der Waals surface area contributed by atoms with Crippen LogP contribution in [0.2, 0.25) is 5.02 Å². The van der Waals surface area contributed by atoms with E-state index in [2.05, 4.69) is 30.7 Å². The number of fused-ring (bicyclic) bond motifs is 1. The molecule has 38 heavy (non-hydrogen) atoms. The zero-order valence-electron chi connectivity index (χ0n) is 20.2. The van der Waals surface area contributed by atoms with Gasteiger partial charge in [0.1, 0.15) is 12.4 Å². The monoisotopic (exact) mass is 528 g/mol. The summed E-state index contributed by atoms with van der Waals surface area (Å²) in [5, 5.41) is 32.5. The minimum absolute atomic E-state index is 0.191. The van der Waals surface area contributed by atoms with Crippen LogP contribution in [0.15, 0.2) is 73.4 Å². The summed E-state index contributed by atoms with van der Waals surface area (Å²) in [6.07, 6.45) is 7.73. The second-order valence-electron chi connectivity index (χ2n) is 8.84. The van der Waals surface area contributed by atoms with Crippen LogP contribution >= 0.6 is 11.6 Å². The second kappa shape index (κ2) is 9.60. The highest BCUT2D eigenvalue weighted by Crippen LogP contribution is 2.36. The molecule has 1 aliphatic rings. The summed E-state index contributed by atoms with van der Waals surface area (Å²) in [5.41, 5.74) is 6.31. The van der Waals surface area contributed by atoms with Crippen LogP contribution in [0.4, 0.5) is 10.5 Å². The molecule has 0 saturated heterocycles. The van der Waals surface area contributed by atoms with Crippen molar-refractivity contribution in [1.29, 1.82) is 0 Å². The van der Waals surface area contributed by atoms with Crippen LogP contribution in [0.1, 0.15) is 23.7 Å². The van der Waals surface area contributed by atoms with Crippen LogP contribution in [0, 0.1) is 5.21 Å². The van der Waals surface area contributed by atoms with E-state index in [1.54, 1.807) is 41.3 Å². The van der Waals surface area contributed by atoms with Crippen LogP contribution in [0.3, 0.4) is 0 Å². The number of hydrogen-bond acceptors (Lipinski definition) is 7. The normalized spacial score (nSPS) is 14.3. The van der Waals surface area contributed by atoms with Crippen LogP contribution in [0.25, 0.3) is 27.9 Å². The van der Waals surface area contributed by atoms with Gasteiger partial charge in [-0.05, 0) is 65.2 Å². The summed E-state index contributed by atoms with van der Waals surface area (Å²) in [5.74, 6) is 0. The lowest BCUT2D eigenvalue weighted by atomic mass is 10.0. The number of carbonyl (C=O) groups excluding carboxylic acids is 1. The molecule has 0 fully saturated rings. The largest absolute Gasteiger partial charge is 0.618 e. The fourth-order valence-corrected chi connectivity index (χ4v) is 4.99. The molecular formula is C26H21ClN8O3. The first-order valence-electron chi connectivity index (χ1n) is 11.8. The third kappa shape index (κ3) is 4.33. The van der Waals surface area contributed by atoms with Gasteiger partial charge in [0.2, 0.25) is 5.69 Å². The maximum atomic E-state index is 13.3. The summed E-state index contributed by atoms with van der Waals surface area (Å²) in [4.78, 5) is 11.4. The van der Waals surface area contributed by atoms with Gasteiger partial charge in [-0.25, -0.2) is 4.79 Å². The molecule has 0 saturated carbocycles. The number of nitrogens with zero attached hydrogens (tertiary/aromatic N) is 7. The zero-order chi connectivity index (χ0) is 26.2. The molecule has 1 atom stereocenters. The number of halogens is 1. The Morgan fingerprint density at radius 2 is 2.00 bits per heavy atom. The molecule has 0 aliphatic heterocycles. The molecular weight excluding hydrogens is 508 g/mol. The number of tetrazole rings is 1. The SMILES string of the molecule is COC(=O)Nc1ccc(-c2cnn(C3CCc4cc(-c5cc(Cl)ccc5-n5cnnn5)c[n+]([O-])c43)c2)cc1. The highest BCUT2D eigenvalue weighted by Gasteiger charge is 2.33. The number of aryl methyl sites for hydroxylation is 1. The summed E-state index contributed by atoms with van der Waals surface area (Å²) in [7, 11) is 1.32. The number of nitrogens with one attached hydrogen (secondary N) is 1. The molecule has 0 radical (unpaired) electrons. The average molecular weight is 529 g/mol. The standard InChI is InChI=1S/C26H21ClN8O3/c1-38-26(36)30-21-6-2-16(3-7-21)19-12-29-33(13-19)24-8-4-17-10-18(14-35(37)25(17)24)22-11-20(27)5-9-23(22)34-15-28-31-32-34/h2-3,5-7,9-15,24H,4,8H2,1H3,(H,30,36). The lowest BCUT2D eigenvalue weighted by Crippen LogP contribution is -2.34. The number of hydrogen-bond donors (Lipinski definition) is 1. The van der Waals surface area contributed by atoms with Crippen molar-refractivity contribution in [1.82, 2.24) is 30.0 Å². The molecule has 0 bridgehead atoms. The van der Waals surface area contributed by atoms with Gasteiger partial charge >= 0.3 is 6.09 Å². The Kier molecular flexibility index (Phi) is 5.97. The van der Waals surface area contributed by atoms with Crippen molar-refractivity contribution >= 4 is 23.4 Å². The minimum atomic E-state index is -0.526. The van der Waals surface area contributed by atoms with E-state index < -0.39 is 6.09 Å². The van der Waals surface area contributed by atoms with Crippen molar-refractivity contribution in [2.75, 3.05) is 12.4 Å². The van der Waals surface area contributed by atoms with E-state index in [-0.39, 0.29) is 6.04 Å². The summed E-state index contributed by atoms with van der Waals surface area (Å²) in [6.45, 7) is 0. The Morgan fingerprint density at radius 1 is 1.16 bits per heavy atom. The van der Waals surface area contributed by atoms with Crippen LogP contribution in [0.5, 0.6) is 0 Å². The summed E-state index contributed by atoms with van der Waals surface area (Å²) >= 11 is 6.30. The quantitative estimate of drug-likeness (QED) is 0.267. The molecule has 6 rings (SSSR count). The maximum absolute atomic E-state index is 13.3. The van der Waals surface area contributed by atoms with E-state index in [1.165, 1.54) is 13.4 Å². The number of rotatable bonds is 5. The lowest BCUT2D eigenvalue weighted by molar-refractivity contribution is -0.615. The van der Waals surface area contributed by atoms with Crippen molar-refractivity contribution < 1.29 is 14.3 Å². The Balaban J connectivity index is 1.30. The Labute approximate surface area is 221 Å². The van der Waals surface area contributed by atoms with Gasteiger partial charge in [-0.1, -0.05) is 23.7 Å². The third-order valence-electron chi connectivity index (χ3n) is 6.59. The van der Waals surface area contributed by atoms with Crippen molar-refractivity contribution in [2.24, 2.45) is 0 Å². The molecule has 3 heterocycles. The van der Waals surface area contributed by atoms with Gasteiger partial charge in [0.15, 0.2) is 6.20 Å². The Hall–Kier alpha value is -4.77. The Morgan fingerprint density at radius 3 is 2.76 bits per heavy atom. The molecule has 2 aromatic carbocycles. The smallest absolute Gasteiger partial charge is 0.411 e. The molecule has 1 N–H and O–H groups in total. The highest BCUT2D eigenvalue weighted by molar-refractivity contribution is 6.31. The first-order chi connectivity index (χ1) is 18.5. The predicted molar refractivity (Wildman–Crippen MR) is 139 cm³/mol. The van der Waals surface area contributed by atoms with Crippen molar-refractivity contribution in [2.45, 2.75) is 18.9 Å². The van der Waals surface area contributed by atoms with E-state index in [0.29, 0.717) is 16.4 Å². The number of aromatic nitrogens is 7. The molecule has 0 spiro atoms. The lowest BCUT2D eigenvalue weighted by Gasteiger charge is -2.14. The molecule has 11 nitrogen and oxygen atoms in total. The average Bonchev–Trinajstić information content (AvgIpc) is 3.70. The van der Waals surface area contributed by atoms with Crippen molar-refractivity contribution in [3.8, 4) is 27.9 Å². The van der Waals surface area contributed by atoms with Gasteiger partial charge in [-0.3, -0.25) is 10.00 Å². The highest BCUT2D eigenvalue weighted by atomic mass is 35.5. The van der Waals surface area contributed by atoms with E-state index in [4.69, 9.17) is 11.6 Å². The molecule has 12 heteroatoms. The minimum Gasteiger partial charge on any atom is -0.618 e. The van der Waals surface area contributed by atoms with Crippen molar-refractivity contribution in [3.63, 3.8) is 0 Å². The van der Waals surface area contributed by atoms with Crippen LogP contribution in [-0.4, -0.2) is 43.2 Å². The fourth-order valence-electron chi connectivity index (χ4n) is 4.81. The molecule has 3 aromatic heterocycles. The maximum Gasteiger partial charge on any atom is 0.411 e. The number of benzene rings is 2. The summed E-state index contributed by atoms with van der Waals surface area (Å²) in [6, 6.07) is 14.6. The van der Waals surface area contributed by atoms with Gasteiger partial charge in [0.25, 0.3) is 0 Å². The number of anilines is 1. The topological polar surface area (TPSA) is 127 Å². The van der Waals surface area contributed by atoms with Crippen LogP contribution < -0.4 is 10.0 Å². The number of carbonyl (C=O) groups is 1. The zero-order valence-corrected chi connectivity index (χ0v) is 20.9. The molecule has 190 valence electrons. The molecule has 1 unspecified atom stereocenters. The van der Waals surface area contributed by atoms with Gasteiger partial charge in [-0.2, -0.15) is 14.5 Å². The van der Waals surface area contributed by atoms with E-state index in [0.717, 1.165) is 51.1 Å². The van der Waals surface area contributed by atoms with E-state index in [1.807, 2.05) is 35.1 Å². The molecule has 5 aromatic rings. The van der Waals surface area contributed by atoms with Gasteiger partial charge in [-0.15, -0.1) is 5.10 Å². The third-order valence-corrected chi connectivity index (χ3v) is 6.83. The Bertz CT molecular complexity index is 1630. The van der Waals surface area contributed by atoms with Crippen molar-refractivity contribution in [3.05, 3.63) is 94.9 Å². The van der Waals surface area contributed by atoms with Gasteiger partial charge < -0.3 is 9.94 Å². The van der Waals surface area contributed by atoms with Gasteiger partial charge in [0.05, 0.1) is 19.0 Å². The number of methoxy groups -OCH3 is 1. The van der Waals surface area contributed by atoms with E-state index >= 15 is 0 Å². The number of pyridine rings is 1. The molecule has 1 aliphatic carbocycles. The first-order valence-corrected chi connectivity index (χ1v) is 12.2. The second-order valence-corrected chi connectivity index (χ2v) is 9.27. The predicted octanol–water partition coefficient (Wildman–Crippen LogP) is 4.19.